The number of nitrogens with one attached hydrogen (secondary N) is 2. The summed E-state index contributed by atoms with van der Waals surface area (Å²) in [5, 5.41) is 29.2. The van der Waals surface area contributed by atoms with Crippen LogP contribution in [0.5, 0.6) is 0 Å². The van der Waals surface area contributed by atoms with Crippen LogP contribution < -0.4 is 11.1 Å². The van der Waals surface area contributed by atoms with Crippen LogP contribution in [0.1, 0.15) is 39.5 Å². The van der Waals surface area contributed by atoms with Gasteiger partial charge in [0.25, 0.3) is 0 Å². The molecule has 6 atom stereocenters. The predicted molar refractivity (Wildman–Crippen MR) is 104 cm³/mol. The van der Waals surface area contributed by atoms with E-state index < -0.39 is 47.2 Å². The van der Waals surface area contributed by atoms with E-state index in [4.69, 9.17) is 5.73 Å². The van der Waals surface area contributed by atoms with Crippen molar-refractivity contribution >= 4 is 29.6 Å². The quantitative estimate of drug-likeness (QED) is 0.402. The molecule has 0 aromatic carbocycles. The Balaban J connectivity index is 1.91. The minimum absolute atomic E-state index is 0.104. The van der Waals surface area contributed by atoms with E-state index in [9.17, 15) is 24.6 Å². The summed E-state index contributed by atoms with van der Waals surface area (Å²) in [7, 11) is 0. The molecule has 11 heteroatoms. The standard InChI is InChI=1S/C18H27N5O5S/c1-8(2)5-11(19)14(24)22-18(16(27)28)6-12(29-17-20-7-21-23-17)13-9(15(25)26)3-4-10(13)18/h7-13H,3-6,19H2,1-2H3,(H,22,24)(H,25,26)(H,27,28)(H,20,21,23)/t9-,10+,11+,12-,13+,18+/m1/s1. The SMILES string of the molecule is CC(C)C[C@H](N)C(=O)N[C@@]1(C(=O)O)C[C@@H](Sc2ncn[nH]2)[C@H]2[C@H](C(=O)O)CC[C@@H]21. The summed E-state index contributed by atoms with van der Waals surface area (Å²) in [6, 6.07) is -0.817. The maximum atomic E-state index is 12.7. The maximum absolute atomic E-state index is 12.7. The second kappa shape index (κ2) is 8.31. The number of carboxylic acid groups (broad SMARTS) is 2. The fourth-order valence-corrected chi connectivity index (χ4v) is 6.28. The van der Waals surface area contributed by atoms with Gasteiger partial charge < -0.3 is 21.3 Å². The van der Waals surface area contributed by atoms with Crippen molar-refractivity contribution in [1.82, 2.24) is 20.5 Å². The lowest BCUT2D eigenvalue weighted by Gasteiger charge is -2.33. The molecule has 29 heavy (non-hydrogen) atoms. The lowest BCUT2D eigenvalue weighted by Crippen LogP contribution is -2.60. The van der Waals surface area contributed by atoms with Gasteiger partial charge in [-0.3, -0.25) is 14.7 Å². The number of nitrogens with two attached hydrogens (primary N) is 1. The number of rotatable bonds is 8. The number of hydrogen-bond acceptors (Lipinski definition) is 7. The summed E-state index contributed by atoms with van der Waals surface area (Å²) >= 11 is 1.28. The molecule has 0 spiro atoms. The van der Waals surface area contributed by atoms with Gasteiger partial charge >= 0.3 is 11.9 Å². The molecule has 0 saturated heterocycles. The Labute approximate surface area is 172 Å². The average molecular weight is 426 g/mol. The first-order chi connectivity index (χ1) is 13.7. The summed E-state index contributed by atoms with van der Waals surface area (Å²) < 4.78 is 0. The zero-order valence-corrected chi connectivity index (χ0v) is 17.2. The molecule has 2 saturated carbocycles. The van der Waals surface area contributed by atoms with Crippen LogP contribution in [0, 0.1) is 23.7 Å². The zero-order chi connectivity index (χ0) is 21.3. The van der Waals surface area contributed by atoms with Crippen LogP contribution in [0.3, 0.4) is 0 Å². The molecular weight excluding hydrogens is 398 g/mol. The van der Waals surface area contributed by atoms with Crippen LogP contribution in [0.2, 0.25) is 0 Å². The van der Waals surface area contributed by atoms with Gasteiger partial charge in [0.2, 0.25) is 5.91 Å². The second-order valence-electron chi connectivity index (χ2n) is 8.36. The van der Waals surface area contributed by atoms with Gasteiger partial charge in [-0.25, -0.2) is 9.78 Å². The lowest BCUT2D eigenvalue weighted by molar-refractivity contribution is -0.150. The fraction of sp³-hybridized carbons (Fsp3) is 0.722. The number of aliphatic carboxylic acids is 2. The summed E-state index contributed by atoms with van der Waals surface area (Å²) in [6.45, 7) is 3.87. The third-order valence-corrected chi connectivity index (χ3v) is 7.27. The number of aromatic amines is 1. The Morgan fingerprint density at radius 1 is 1.38 bits per heavy atom. The van der Waals surface area contributed by atoms with Crippen LogP contribution >= 0.6 is 11.8 Å². The van der Waals surface area contributed by atoms with Crippen molar-refractivity contribution in [3.63, 3.8) is 0 Å². The Morgan fingerprint density at radius 2 is 2.10 bits per heavy atom. The largest absolute Gasteiger partial charge is 0.481 e. The minimum Gasteiger partial charge on any atom is -0.481 e. The Bertz CT molecular complexity index is 773. The van der Waals surface area contributed by atoms with Gasteiger partial charge in [0.1, 0.15) is 11.9 Å². The van der Waals surface area contributed by atoms with Crippen molar-refractivity contribution < 1.29 is 24.6 Å². The van der Waals surface area contributed by atoms with Crippen molar-refractivity contribution in [3.8, 4) is 0 Å². The van der Waals surface area contributed by atoms with Crippen LogP contribution in [0.4, 0.5) is 0 Å². The van der Waals surface area contributed by atoms with E-state index in [1.165, 1.54) is 18.1 Å². The van der Waals surface area contributed by atoms with Crippen molar-refractivity contribution in [2.45, 2.75) is 61.5 Å². The van der Waals surface area contributed by atoms with Gasteiger partial charge in [-0.1, -0.05) is 25.6 Å². The number of carbonyl (C=O) groups is 3. The van der Waals surface area contributed by atoms with E-state index in [0.717, 1.165) is 0 Å². The van der Waals surface area contributed by atoms with E-state index in [0.29, 0.717) is 24.4 Å². The fourth-order valence-electron chi connectivity index (χ4n) is 4.90. The molecule has 0 aliphatic heterocycles. The number of nitrogens with zero attached hydrogens (tertiary/aromatic N) is 2. The summed E-state index contributed by atoms with van der Waals surface area (Å²) in [4.78, 5) is 41.0. The molecule has 0 radical (unpaired) electrons. The van der Waals surface area contributed by atoms with Gasteiger partial charge in [-0.05, 0) is 43.4 Å². The summed E-state index contributed by atoms with van der Waals surface area (Å²) in [5.41, 5.74) is 4.44. The number of fused-ring (bicyclic) bond motifs is 1. The molecule has 10 nitrogen and oxygen atoms in total. The summed E-state index contributed by atoms with van der Waals surface area (Å²) in [5.74, 6) is -3.97. The van der Waals surface area contributed by atoms with Crippen molar-refractivity contribution in [3.05, 3.63) is 6.33 Å². The molecule has 1 aromatic heterocycles. The van der Waals surface area contributed by atoms with E-state index >= 15 is 0 Å². The van der Waals surface area contributed by atoms with Crippen LogP contribution in [0.25, 0.3) is 0 Å². The highest BCUT2D eigenvalue weighted by Gasteiger charge is 2.64. The first-order valence-corrected chi connectivity index (χ1v) is 10.6. The monoisotopic (exact) mass is 425 g/mol. The predicted octanol–water partition coefficient (Wildman–Crippen LogP) is 0.709. The third-order valence-electron chi connectivity index (χ3n) is 6.07. The molecule has 2 fully saturated rings. The Kier molecular flexibility index (Phi) is 6.18. The maximum Gasteiger partial charge on any atom is 0.329 e. The van der Waals surface area contributed by atoms with Crippen LogP contribution in [-0.4, -0.2) is 60.1 Å². The summed E-state index contributed by atoms with van der Waals surface area (Å²) in [6.07, 6.45) is 2.67. The topological polar surface area (TPSA) is 171 Å². The highest BCUT2D eigenvalue weighted by molar-refractivity contribution is 7.99. The van der Waals surface area contributed by atoms with Gasteiger partial charge in [-0.2, -0.15) is 5.10 Å². The molecule has 1 aromatic rings. The first-order valence-electron chi connectivity index (χ1n) is 9.71. The number of thioether (sulfide) groups is 1. The van der Waals surface area contributed by atoms with Gasteiger partial charge in [-0.15, -0.1) is 0 Å². The molecule has 6 N–H and O–H groups in total. The van der Waals surface area contributed by atoms with Crippen molar-refractivity contribution in [1.29, 1.82) is 0 Å². The molecule has 2 aliphatic rings. The van der Waals surface area contributed by atoms with E-state index in [2.05, 4.69) is 20.5 Å². The Morgan fingerprint density at radius 3 is 2.66 bits per heavy atom. The Hall–Kier alpha value is -2.14. The van der Waals surface area contributed by atoms with E-state index in [1.807, 2.05) is 13.8 Å². The number of carbonyl (C=O) groups excluding carboxylic acids is 1. The van der Waals surface area contributed by atoms with Crippen LogP contribution in [0.15, 0.2) is 11.5 Å². The smallest absolute Gasteiger partial charge is 0.329 e. The zero-order valence-electron chi connectivity index (χ0n) is 16.4. The second-order valence-corrected chi connectivity index (χ2v) is 9.59. The molecule has 3 rings (SSSR count). The number of aromatic nitrogens is 3. The van der Waals surface area contributed by atoms with Gasteiger partial charge in [0, 0.05) is 5.25 Å². The number of amides is 1. The number of hydrogen-bond donors (Lipinski definition) is 5. The van der Waals surface area contributed by atoms with Crippen molar-refractivity contribution in [2.75, 3.05) is 0 Å². The average Bonchev–Trinajstić information content (AvgIpc) is 3.33. The molecule has 1 heterocycles. The lowest BCUT2D eigenvalue weighted by atomic mass is 9.82. The highest BCUT2D eigenvalue weighted by Crippen LogP contribution is 2.57. The molecule has 2 aliphatic carbocycles. The normalized spacial score (nSPS) is 32.1. The molecule has 0 bridgehead atoms. The molecular formula is C18H27N5O5S. The third kappa shape index (κ3) is 4.11. The van der Waals surface area contributed by atoms with Gasteiger partial charge in [0.05, 0.1) is 12.0 Å². The van der Waals surface area contributed by atoms with E-state index in [-0.39, 0.29) is 17.6 Å². The minimum atomic E-state index is -1.54. The molecule has 0 unspecified atom stereocenters. The van der Waals surface area contributed by atoms with Gasteiger partial charge in [0.15, 0.2) is 5.16 Å². The number of carboxylic acids is 2. The molecule has 160 valence electrons. The number of H-pyrrole nitrogens is 1. The van der Waals surface area contributed by atoms with E-state index in [1.54, 1.807) is 0 Å². The first kappa shape index (κ1) is 21.6. The van der Waals surface area contributed by atoms with Crippen LogP contribution in [-0.2, 0) is 14.4 Å². The molecule has 1 amide bonds. The van der Waals surface area contributed by atoms with Crippen molar-refractivity contribution in [2.24, 2.45) is 29.4 Å². The highest BCUT2D eigenvalue weighted by atomic mass is 32.2.